The van der Waals surface area contributed by atoms with E-state index in [1.165, 1.54) is 12.4 Å². The highest BCUT2D eigenvalue weighted by Crippen LogP contribution is 2.25. The summed E-state index contributed by atoms with van der Waals surface area (Å²) in [6, 6.07) is 4.79. The molecule has 0 fully saturated rings. The van der Waals surface area contributed by atoms with Crippen LogP contribution < -0.4 is 10.6 Å². The molecule has 0 bridgehead atoms. The zero-order chi connectivity index (χ0) is 21.1. The molecular formula is C19H19FN6O2S. The number of carbonyl (C=O) groups excluding carboxylic acids is 2. The standard InChI is InChI=1S/C19H19FN6O2S/c1-10(2)24-19(28)13-8-26(29-20)18-17(13)25-15(7-23-18)16(21)12-6-11(9-27)4-5-14(12)22-3/h4-10,21-22H,1-3H3,(H,24,28). The predicted molar refractivity (Wildman–Crippen MR) is 112 cm³/mol. The molecule has 0 saturated heterocycles. The van der Waals surface area contributed by atoms with Crippen molar-refractivity contribution < 1.29 is 13.5 Å². The molecule has 8 nitrogen and oxygen atoms in total. The Kier molecular flexibility index (Phi) is 5.92. The molecule has 0 aliphatic rings. The van der Waals surface area contributed by atoms with E-state index in [1.807, 2.05) is 13.8 Å². The Morgan fingerprint density at radius 1 is 1.34 bits per heavy atom. The molecule has 10 heteroatoms. The third-order valence-corrected chi connectivity index (χ3v) is 4.60. The molecule has 2 aromatic heterocycles. The van der Waals surface area contributed by atoms with Crippen LogP contribution in [-0.2, 0) is 0 Å². The van der Waals surface area contributed by atoms with Gasteiger partial charge < -0.3 is 10.6 Å². The van der Waals surface area contributed by atoms with Crippen molar-refractivity contribution in [2.45, 2.75) is 19.9 Å². The Hall–Kier alpha value is -3.27. The molecule has 0 spiro atoms. The lowest BCUT2D eigenvalue weighted by molar-refractivity contribution is 0.0944. The molecule has 150 valence electrons. The Balaban J connectivity index is 2.13. The largest absolute Gasteiger partial charge is 0.388 e. The van der Waals surface area contributed by atoms with E-state index in [2.05, 4.69) is 20.6 Å². The summed E-state index contributed by atoms with van der Waals surface area (Å²) in [5.74, 6) is -0.408. The number of benzene rings is 1. The first-order valence-electron chi connectivity index (χ1n) is 8.73. The van der Waals surface area contributed by atoms with E-state index in [0.717, 1.165) is 3.97 Å². The van der Waals surface area contributed by atoms with Crippen LogP contribution in [0.1, 0.15) is 45.8 Å². The molecular weight excluding hydrogens is 395 g/mol. The maximum Gasteiger partial charge on any atom is 0.255 e. The molecule has 0 radical (unpaired) electrons. The fraction of sp³-hybridized carbons (Fsp3) is 0.211. The van der Waals surface area contributed by atoms with Crippen molar-refractivity contribution >= 4 is 47.1 Å². The van der Waals surface area contributed by atoms with Crippen LogP contribution in [0.5, 0.6) is 0 Å². The number of carbonyl (C=O) groups is 2. The molecule has 3 N–H and O–H groups in total. The van der Waals surface area contributed by atoms with E-state index >= 15 is 0 Å². The normalized spacial score (nSPS) is 10.9. The van der Waals surface area contributed by atoms with Crippen LogP contribution in [0.4, 0.5) is 9.57 Å². The fourth-order valence-electron chi connectivity index (χ4n) is 2.84. The minimum atomic E-state index is -0.408. The number of fused-ring (bicyclic) bond motifs is 1. The number of hydrogen-bond acceptors (Lipinski definition) is 7. The summed E-state index contributed by atoms with van der Waals surface area (Å²) in [6.07, 6.45) is 3.36. The van der Waals surface area contributed by atoms with E-state index in [-0.39, 0.29) is 46.5 Å². The van der Waals surface area contributed by atoms with Crippen molar-refractivity contribution in [1.29, 1.82) is 5.41 Å². The van der Waals surface area contributed by atoms with Gasteiger partial charge in [0, 0.05) is 36.1 Å². The van der Waals surface area contributed by atoms with Gasteiger partial charge >= 0.3 is 0 Å². The number of aldehydes is 1. The van der Waals surface area contributed by atoms with Gasteiger partial charge in [0.1, 0.15) is 17.5 Å². The van der Waals surface area contributed by atoms with Crippen molar-refractivity contribution in [3.05, 3.63) is 53.0 Å². The number of anilines is 1. The van der Waals surface area contributed by atoms with Crippen LogP contribution in [0.15, 0.2) is 30.6 Å². The van der Waals surface area contributed by atoms with E-state index in [4.69, 9.17) is 5.41 Å². The quantitative estimate of drug-likeness (QED) is 0.404. The third-order valence-electron chi connectivity index (χ3n) is 4.18. The Morgan fingerprint density at radius 3 is 2.72 bits per heavy atom. The number of nitrogens with one attached hydrogen (secondary N) is 3. The summed E-state index contributed by atoms with van der Waals surface area (Å²) in [6.45, 7) is 3.63. The van der Waals surface area contributed by atoms with Crippen molar-refractivity contribution in [3.63, 3.8) is 0 Å². The highest BCUT2D eigenvalue weighted by Gasteiger charge is 2.21. The molecule has 3 aromatic rings. The summed E-state index contributed by atoms with van der Waals surface area (Å²) >= 11 is -0.0913. The lowest BCUT2D eigenvalue weighted by atomic mass is 10.0. The minimum absolute atomic E-state index is 0.0170. The fourth-order valence-corrected chi connectivity index (χ4v) is 3.19. The van der Waals surface area contributed by atoms with Crippen molar-refractivity contribution in [2.24, 2.45) is 0 Å². The zero-order valence-electron chi connectivity index (χ0n) is 16.0. The van der Waals surface area contributed by atoms with Gasteiger partial charge in [-0.3, -0.25) is 15.0 Å². The monoisotopic (exact) mass is 414 g/mol. The number of halogens is 1. The summed E-state index contributed by atoms with van der Waals surface area (Å²) in [5, 5.41) is 14.3. The van der Waals surface area contributed by atoms with Crippen molar-refractivity contribution in [2.75, 3.05) is 12.4 Å². The van der Waals surface area contributed by atoms with Crippen LogP contribution in [0.25, 0.3) is 11.2 Å². The highest BCUT2D eigenvalue weighted by atomic mass is 32.2. The first-order valence-corrected chi connectivity index (χ1v) is 9.41. The maximum absolute atomic E-state index is 13.3. The van der Waals surface area contributed by atoms with Gasteiger partial charge in [-0.1, -0.05) is 0 Å². The van der Waals surface area contributed by atoms with Gasteiger partial charge in [0.05, 0.1) is 17.5 Å². The summed E-state index contributed by atoms with van der Waals surface area (Å²) in [7, 11) is 1.70. The second kappa shape index (κ2) is 8.39. The summed E-state index contributed by atoms with van der Waals surface area (Å²) in [5.41, 5.74) is 2.24. The summed E-state index contributed by atoms with van der Waals surface area (Å²) < 4.78 is 14.4. The molecule has 1 aromatic carbocycles. The lowest BCUT2D eigenvalue weighted by Gasteiger charge is -2.11. The molecule has 0 aliphatic carbocycles. The first-order chi connectivity index (χ1) is 13.9. The lowest BCUT2D eigenvalue weighted by Crippen LogP contribution is -2.30. The second-order valence-electron chi connectivity index (χ2n) is 6.54. The maximum atomic E-state index is 13.3. The van der Waals surface area contributed by atoms with E-state index in [0.29, 0.717) is 23.1 Å². The molecule has 2 heterocycles. The van der Waals surface area contributed by atoms with Gasteiger partial charge in [0.25, 0.3) is 5.91 Å². The van der Waals surface area contributed by atoms with Gasteiger partial charge in [-0.25, -0.2) is 13.9 Å². The second-order valence-corrected chi connectivity index (χ2v) is 7.07. The number of aromatic nitrogens is 3. The van der Waals surface area contributed by atoms with Crippen LogP contribution in [-0.4, -0.2) is 44.9 Å². The number of hydrogen-bond donors (Lipinski definition) is 3. The number of amides is 1. The first kappa shape index (κ1) is 20.5. The van der Waals surface area contributed by atoms with Gasteiger partial charge in [0.15, 0.2) is 18.0 Å². The topological polar surface area (TPSA) is 113 Å². The van der Waals surface area contributed by atoms with E-state index in [9.17, 15) is 13.5 Å². The Morgan fingerprint density at radius 2 is 2.10 bits per heavy atom. The van der Waals surface area contributed by atoms with E-state index < -0.39 is 5.91 Å². The van der Waals surface area contributed by atoms with Crippen molar-refractivity contribution in [1.82, 2.24) is 19.3 Å². The molecule has 3 rings (SSSR count). The van der Waals surface area contributed by atoms with Crippen LogP contribution >= 0.6 is 12.3 Å². The molecule has 29 heavy (non-hydrogen) atoms. The van der Waals surface area contributed by atoms with Crippen molar-refractivity contribution in [3.8, 4) is 0 Å². The molecule has 0 aliphatic heterocycles. The van der Waals surface area contributed by atoms with E-state index in [1.54, 1.807) is 25.2 Å². The van der Waals surface area contributed by atoms with Gasteiger partial charge in [-0.2, -0.15) is 0 Å². The van der Waals surface area contributed by atoms with Gasteiger partial charge in [-0.15, -0.1) is 3.89 Å². The SMILES string of the molecule is CNc1ccc(C=O)cc1C(=N)c1cnc2c(n1)c(C(=O)NC(C)C)cn2SF. The minimum Gasteiger partial charge on any atom is -0.388 e. The predicted octanol–water partition coefficient (Wildman–Crippen LogP) is 3.22. The Bertz CT molecular complexity index is 1110. The zero-order valence-corrected chi connectivity index (χ0v) is 16.8. The molecule has 0 unspecified atom stereocenters. The number of nitrogens with zero attached hydrogens (tertiary/aromatic N) is 3. The average Bonchev–Trinajstić information content (AvgIpc) is 3.10. The third kappa shape index (κ3) is 3.97. The molecule has 0 atom stereocenters. The molecule has 1 amide bonds. The molecule has 0 saturated carbocycles. The number of rotatable bonds is 7. The van der Waals surface area contributed by atoms with Crippen LogP contribution in [0.2, 0.25) is 0 Å². The Labute approximate surface area is 170 Å². The van der Waals surface area contributed by atoms with Gasteiger partial charge in [-0.05, 0) is 32.0 Å². The average molecular weight is 414 g/mol. The summed E-state index contributed by atoms with van der Waals surface area (Å²) in [4.78, 5) is 32.3. The smallest absolute Gasteiger partial charge is 0.255 e. The highest BCUT2D eigenvalue weighted by molar-refractivity contribution is 7.92. The van der Waals surface area contributed by atoms with Gasteiger partial charge in [0.2, 0.25) is 0 Å². The van der Waals surface area contributed by atoms with Crippen LogP contribution in [0.3, 0.4) is 0 Å². The van der Waals surface area contributed by atoms with Crippen LogP contribution in [0, 0.1) is 5.41 Å².